The van der Waals surface area contributed by atoms with Crippen LogP contribution in [-0.2, 0) is 0 Å². The van der Waals surface area contributed by atoms with Gasteiger partial charge in [-0.1, -0.05) is 26.0 Å². The van der Waals surface area contributed by atoms with Crippen molar-refractivity contribution in [2.24, 2.45) is 0 Å². The third-order valence-corrected chi connectivity index (χ3v) is 3.60. The molecule has 2 unspecified atom stereocenters. The molecule has 0 saturated carbocycles. The Labute approximate surface area is 109 Å². The number of para-hydroxylation sites is 2. The van der Waals surface area contributed by atoms with E-state index in [1.165, 1.54) is 11.9 Å². The number of rotatable bonds is 6. The number of imidazole rings is 1. The van der Waals surface area contributed by atoms with Crippen LogP contribution in [0.25, 0.3) is 11.0 Å². The minimum absolute atomic E-state index is 0.425. The highest BCUT2D eigenvalue weighted by Gasteiger charge is 2.17. The lowest BCUT2D eigenvalue weighted by atomic mass is 10.1. The van der Waals surface area contributed by atoms with Gasteiger partial charge in [0.05, 0.1) is 17.4 Å². The van der Waals surface area contributed by atoms with Crippen LogP contribution in [0.2, 0.25) is 0 Å². The maximum atomic E-state index is 4.47. The smallest absolute Gasteiger partial charge is 0.0961 e. The van der Waals surface area contributed by atoms with Crippen molar-refractivity contribution in [3.05, 3.63) is 30.6 Å². The second-order valence-electron chi connectivity index (χ2n) is 4.85. The van der Waals surface area contributed by atoms with Crippen molar-refractivity contribution in [3.63, 3.8) is 0 Å². The molecule has 0 aliphatic rings. The normalized spacial score (nSPS) is 14.8. The molecule has 2 rings (SSSR count). The Morgan fingerprint density at radius 2 is 2.06 bits per heavy atom. The van der Waals surface area contributed by atoms with Crippen LogP contribution in [0.1, 0.15) is 39.7 Å². The fourth-order valence-corrected chi connectivity index (χ4v) is 2.48. The van der Waals surface area contributed by atoms with Crippen molar-refractivity contribution < 1.29 is 0 Å². The van der Waals surface area contributed by atoms with Gasteiger partial charge in [0, 0.05) is 12.1 Å². The molecule has 0 radical (unpaired) electrons. The minimum atomic E-state index is 0.425. The lowest BCUT2D eigenvalue weighted by molar-refractivity contribution is 0.367. The summed E-state index contributed by atoms with van der Waals surface area (Å²) in [6.45, 7) is 7.79. The highest BCUT2D eigenvalue weighted by molar-refractivity contribution is 5.75. The van der Waals surface area contributed by atoms with Gasteiger partial charge in [0.2, 0.25) is 0 Å². The predicted octanol–water partition coefficient (Wildman–Crippen LogP) is 3.38. The summed E-state index contributed by atoms with van der Waals surface area (Å²) in [5.74, 6) is 0. The first-order chi connectivity index (χ1) is 8.77. The number of fused-ring (bicyclic) bond motifs is 1. The summed E-state index contributed by atoms with van der Waals surface area (Å²) < 4.78 is 2.28. The minimum Gasteiger partial charge on any atom is -0.326 e. The summed E-state index contributed by atoms with van der Waals surface area (Å²) in [6, 6.07) is 9.26. The number of nitrogens with one attached hydrogen (secondary N) is 1. The summed E-state index contributed by atoms with van der Waals surface area (Å²) in [5, 5.41) is 3.62. The monoisotopic (exact) mass is 245 g/mol. The highest BCUT2D eigenvalue weighted by atomic mass is 15.1. The van der Waals surface area contributed by atoms with E-state index >= 15 is 0 Å². The molecule has 18 heavy (non-hydrogen) atoms. The number of nitrogens with zero attached hydrogens (tertiary/aromatic N) is 2. The van der Waals surface area contributed by atoms with Crippen molar-refractivity contribution in [3.8, 4) is 0 Å². The summed E-state index contributed by atoms with van der Waals surface area (Å²) in [6.07, 6.45) is 4.27. The van der Waals surface area contributed by atoms with E-state index in [1.54, 1.807) is 0 Å². The summed E-state index contributed by atoms with van der Waals surface area (Å²) in [4.78, 5) is 4.47. The lowest BCUT2D eigenvalue weighted by Gasteiger charge is -2.25. The zero-order valence-electron chi connectivity index (χ0n) is 11.6. The molecule has 98 valence electrons. The van der Waals surface area contributed by atoms with Gasteiger partial charge < -0.3 is 9.88 Å². The fourth-order valence-electron chi connectivity index (χ4n) is 2.48. The van der Waals surface area contributed by atoms with Gasteiger partial charge in [-0.3, -0.25) is 0 Å². The van der Waals surface area contributed by atoms with Crippen LogP contribution in [0.4, 0.5) is 0 Å². The van der Waals surface area contributed by atoms with Crippen molar-refractivity contribution in [1.29, 1.82) is 0 Å². The molecule has 0 aliphatic heterocycles. The molecule has 1 heterocycles. The van der Waals surface area contributed by atoms with E-state index in [0.717, 1.165) is 18.5 Å². The Morgan fingerprint density at radius 3 is 2.78 bits per heavy atom. The van der Waals surface area contributed by atoms with Crippen LogP contribution < -0.4 is 5.32 Å². The maximum Gasteiger partial charge on any atom is 0.0961 e. The van der Waals surface area contributed by atoms with Gasteiger partial charge in [-0.15, -0.1) is 0 Å². The standard InChI is InChI=1S/C15H23N3/c1-4-10-16-13(5-2)12(3)18-11-17-14-8-6-7-9-15(14)18/h6-9,11-13,16H,4-5,10H2,1-3H3. The van der Waals surface area contributed by atoms with E-state index in [-0.39, 0.29) is 0 Å². The molecule has 0 spiro atoms. The van der Waals surface area contributed by atoms with Crippen LogP contribution in [-0.4, -0.2) is 22.1 Å². The van der Waals surface area contributed by atoms with E-state index < -0.39 is 0 Å². The van der Waals surface area contributed by atoms with E-state index in [9.17, 15) is 0 Å². The van der Waals surface area contributed by atoms with Gasteiger partial charge >= 0.3 is 0 Å². The molecule has 0 amide bonds. The van der Waals surface area contributed by atoms with Gasteiger partial charge in [0.25, 0.3) is 0 Å². The molecule has 3 heteroatoms. The molecular weight excluding hydrogens is 222 g/mol. The molecule has 0 saturated heterocycles. The second-order valence-corrected chi connectivity index (χ2v) is 4.85. The van der Waals surface area contributed by atoms with Gasteiger partial charge in [0.15, 0.2) is 0 Å². The van der Waals surface area contributed by atoms with Gasteiger partial charge in [-0.25, -0.2) is 4.98 Å². The summed E-state index contributed by atoms with van der Waals surface area (Å²) in [7, 11) is 0. The Kier molecular flexibility index (Phi) is 4.37. The van der Waals surface area contributed by atoms with Crippen LogP contribution in [0, 0.1) is 0 Å². The van der Waals surface area contributed by atoms with Crippen molar-refractivity contribution in [2.45, 2.75) is 45.7 Å². The average Bonchev–Trinajstić information content (AvgIpc) is 2.83. The van der Waals surface area contributed by atoms with Crippen LogP contribution in [0.5, 0.6) is 0 Å². The average molecular weight is 245 g/mol. The van der Waals surface area contributed by atoms with E-state index in [2.05, 4.69) is 53.8 Å². The van der Waals surface area contributed by atoms with E-state index in [0.29, 0.717) is 12.1 Å². The Balaban J connectivity index is 2.23. The second kappa shape index (κ2) is 6.01. The molecular formula is C15H23N3. The molecule has 1 aromatic carbocycles. The van der Waals surface area contributed by atoms with Crippen molar-refractivity contribution >= 4 is 11.0 Å². The van der Waals surface area contributed by atoms with Gasteiger partial charge in [-0.2, -0.15) is 0 Å². The first kappa shape index (κ1) is 13.1. The van der Waals surface area contributed by atoms with Gasteiger partial charge in [-0.05, 0) is 38.4 Å². The van der Waals surface area contributed by atoms with E-state index in [4.69, 9.17) is 0 Å². The molecule has 3 nitrogen and oxygen atoms in total. The first-order valence-electron chi connectivity index (χ1n) is 6.92. The molecule has 0 bridgehead atoms. The third kappa shape index (κ3) is 2.56. The molecule has 2 atom stereocenters. The summed E-state index contributed by atoms with van der Waals surface area (Å²) >= 11 is 0. The Hall–Kier alpha value is -1.35. The fraction of sp³-hybridized carbons (Fsp3) is 0.533. The molecule has 1 N–H and O–H groups in total. The molecule has 0 fully saturated rings. The topological polar surface area (TPSA) is 29.9 Å². The zero-order chi connectivity index (χ0) is 13.0. The van der Waals surface area contributed by atoms with Crippen molar-refractivity contribution in [1.82, 2.24) is 14.9 Å². The SMILES string of the molecule is CCCNC(CC)C(C)n1cnc2ccccc21. The number of hydrogen-bond donors (Lipinski definition) is 1. The zero-order valence-corrected chi connectivity index (χ0v) is 11.6. The number of benzene rings is 1. The first-order valence-corrected chi connectivity index (χ1v) is 6.92. The lowest BCUT2D eigenvalue weighted by Crippen LogP contribution is -2.36. The van der Waals surface area contributed by atoms with Crippen LogP contribution in [0.15, 0.2) is 30.6 Å². The van der Waals surface area contributed by atoms with Crippen molar-refractivity contribution in [2.75, 3.05) is 6.54 Å². The third-order valence-electron chi connectivity index (χ3n) is 3.60. The largest absolute Gasteiger partial charge is 0.326 e. The molecule has 1 aromatic heterocycles. The maximum absolute atomic E-state index is 4.47. The van der Waals surface area contributed by atoms with Crippen LogP contribution >= 0.6 is 0 Å². The predicted molar refractivity (Wildman–Crippen MR) is 76.8 cm³/mol. The van der Waals surface area contributed by atoms with Gasteiger partial charge in [0.1, 0.15) is 0 Å². The van der Waals surface area contributed by atoms with E-state index in [1.807, 2.05) is 12.4 Å². The Morgan fingerprint density at radius 1 is 1.28 bits per heavy atom. The quantitative estimate of drug-likeness (QED) is 0.845. The Bertz CT molecular complexity index is 489. The number of aromatic nitrogens is 2. The molecule has 2 aromatic rings. The summed E-state index contributed by atoms with van der Waals surface area (Å²) in [5.41, 5.74) is 2.30. The highest BCUT2D eigenvalue weighted by Crippen LogP contribution is 2.21. The molecule has 0 aliphatic carbocycles. The number of hydrogen-bond acceptors (Lipinski definition) is 2. The van der Waals surface area contributed by atoms with Crippen LogP contribution in [0.3, 0.4) is 0 Å².